The molecule has 0 aromatic carbocycles. The van der Waals surface area contributed by atoms with Gasteiger partial charge in [0.2, 0.25) is 6.04 Å². The summed E-state index contributed by atoms with van der Waals surface area (Å²) < 4.78 is 0. The van der Waals surface area contributed by atoms with E-state index in [1.54, 1.807) is 0 Å². The monoisotopic (exact) mass is 171 g/mol. The predicted molar refractivity (Wildman–Crippen MR) is 44.4 cm³/mol. The van der Waals surface area contributed by atoms with Crippen LogP contribution in [0.15, 0.2) is 12.7 Å². The van der Waals surface area contributed by atoms with Crippen molar-refractivity contribution in [2.75, 3.05) is 0 Å². The number of hydrogen-bond donors (Lipinski definition) is 1. The second-order valence-corrected chi connectivity index (χ2v) is 3.24. The summed E-state index contributed by atoms with van der Waals surface area (Å²) in [6.45, 7) is 3.43. The van der Waals surface area contributed by atoms with Gasteiger partial charge in [0.25, 0.3) is 0 Å². The van der Waals surface area contributed by atoms with Gasteiger partial charge >= 0.3 is 0 Å². The molecule has 68 valence electrons. The van der Waals surface area contributed by atoms with E-state index in [4.69, 9.17) is 0 Å². The third kappa shape index (κ3) is 1.48. The lowest BCUT2D eigenvalue weighted by atomic mass is 9.81. The molecule has 0 spiro atoms. The van der Waals surface area contributed by atoms with Crippen LogP contribution in [0.3, 0.4) is 0 Å². The quantitative estimate of drug-likeness (QED) is 0.384. The smallest absolute Gasteiger partial charge is 0.244 e. The Kier molecular flexibility index (Phi) is 2.47. The summed E-state index contributed by atoms with van der Waals surface area (Å²) in [6.07, 6.45) is 3.88. The lowest BCUT2D eigenvalue weighted by Gasteiger charge is -2.31. The normalized spacial score (nSPS) is 35.9. The summed E-state index contributed by atoms with van der Waals surface area (Å²) in [6, 6.07) is -0.858. The maximum Gasteiger partial charge on any atom is 0.244 e. The number of aliphatic hydroxyl groups is 1. The average Bonchev–Trinajstić information content (AvgIpc) is 2.05. The van der Waals surface area contributed by atoms with Gasteiger partial charge < -0.3 is 5.11 Å². The lowest BCUT2D eigenvalue weighted by Crippen LogP contribution is -2.47. The van der Waals surface area contributed by atoms with Crippen molar-refractivity contribution in [3.05, 3.63) is 22.8 Å². The van der Waals surface area contributed by atoms with Crippen molar-refractivity contribution in [1.29, 1.82) is 0 Å². The van der Waals surface area contributed by atoms with Crippen LogP contribution in [-0.4, -0.2) is 21.7 Å². The summed E-state index contributed by atoms with van der Waals surface area (Å²) in [5.74, 6) is 0. The van der Waals surface area contributed by atoms with Gasteiger partial charge in [0, 0.05) is 11.3 Å². The zero-order chi connectivity index (χ0) is 9.19. The van der Waals surface area contributed by atoms with E-state index in [9.17, 15) is 15.2 Å². The summed E-state index contributed by atoms with van der Waals surface area (Å²) in [5, 5.41) is 20.3. The molecule has 12 heavy (non-hydrogen) atoms. The Labute approximate surface area is 71.0 Å². The fourth-order valence-corrected chi connectivity index (χ4v) is 1.69. The van der Waals surface area contributed by atoms with Crippen LogP contribution in [0.25, 0.3) is 0 Å². The van der Waals surface area contributed by atoms with Gasteiger partial charge in [-0.25, -0.2) is 0 Å². The first-order valence-corrected chi connectivity index (χ1v) is 4.09. The first-order valence-electron chi connectivity index (χ1n) is 4.09. The molecular weight excluding hydrogens is 158 g/mol. The molecule has 2 atom stereocenters. The molecule has 0 heterocycles. The van der Waals surface area contributed by atoms with Crippen LogP contribution in [0.5, 0.6) is 0 Å². The van der Waals surface area contributed by atoms with Crippen molar-refractivity contribution in [3.63, 3.8) is 0 Å². The topological polar surface area (TPSA) is 63.4 Å². The van der Waals surface area contributed by atoms with Gasteiger partial charge in [-0.15, -0.1) is 0 Å². The van der Waals surface area contributed by atoms with Crippen LogP contribution in [0.1, 0.15) is 25.7 Å². The molecule has 0 aliphatic heterocycles. The van der Waals surface area contributed by atoms with Crippen LogP contribution in [0.2, 0.25) is 0 Å². The predicted octanol–water partition coefficient (Wildman–Crippen LogP) is 1.12. The van der Waals surface area contributed by atoms with E-state index in [-0.39, 0.29) is 0 Å². The zero-order valence-corrected chi connectivity index (χ0v) is 6.90. The molecule has 1 aliphatic rings. The standard InChI is InChI=1S/C8H13NO3/c1-2-8(10)6-4-3-5-7(8)9(11)12/h2,7,10H,1,3-6H2/t7-,8+/m1/s1. The molecule has 1 saturated carbocycles. The fourth-order valence-electron chi connectivity index (χ4n) is 1.69. The van der Waals surface area contributed by atoms with E-state index in [0.717, 1.165) is 12.8 Å². The van der Waals surface area contributed by atoms with Gasteiger partial charge in [-0.3, -0.25) is 10.1 Å². The summed E-state index contributed by atoms with van der Waals surface area (Å²) in [7, 11) is 0. The number of nitrogens with zero attached hydrogens (tertiary/aromatic N) is 1. The molecular formula is C8H13NO3. The molecule has 1 rings (SSSR count). The maximum atomic E-state index is 10.5. The Balaban J connectivity index is 2.80. The molecule has 0 aromatic heterocycles. The molecule has 0 aromatic rings. The van der Waals surface area contributed by atoms with Crippen molar-refractivity contribution in [2.45, 2.75) is 37.3 Å². The Bertz CT molecular complexity index is 204. The molecule has 0 radical (unpaired) electrons. The number of rotatable bonds is 2. The van der Waals surface area contributed by atoms with Crippen LogP contribution >= 0.6 is 0 Å². The average molecular weight is 171 g/mol. The Hall–Kier alpha value is -0.900. The SMILES string of the molecule is C=C[C@]1(O)CCCC[C@H]1[N+](=O)[O-]. The Morgan fingerprint density at radius 3 is 2.75 bits per heavy atom. The Morgan fingerprint density at radius 1 is 1.67 bits per heavy atom. The molecule has 0 bridgehead atoms. The van der Waals surface area contributed by atoms with E-state index in [1.807, 2.05) is 0 Å². The minimum Gasteiger partial charge on any atom is -0.379 e. The highest BCUT2D eigenvalue weighted by molar-refractivity contribution is 5.03. The molecule has 4 heteroatoms. The van der Waals surface area contributed by atoms with E-state index < -0.39 is 16.6 Å². The van der Waals surface area contributed by atoms with E-state index in [1.165, 1.54) is 6.08 Å². The van der Waals surface area contributed by atoms with Crippen molar-refractivity contribution >= 4 is 0 Å². The number of nitro groups is 1. The van der Waals surface area contributed by atoms with Gasteiger partial charge in [0.15, 0.2) is 0 Å². The van der Waals surface area contributed by atoms with Crippen molar-refractivity contribution < 1.29 is 10.0 Å². The highest BCUT2D eigenvalue weighted by Crippen LogP contribution is 2.30. The summed E-state index contributed by atoms with van der Waals surface area (Å²) in [4.78, 5) is 10.1. The van der Waals surface area contributed by atoms with Gasteiger partial charge in [-0.2, -0.15) is 0 Å². The van der Waals surface area contributed by atoms with E-state index in [0.29, 0.717) is 12.8 Å². The van der Waals surface area contributed by atoms with Gasteiger partial charge in [0.05, 0.1) is 0 Å². The first-order chi connectivity index (χ1) is 5.60. The van der Waals surface area contributed by atoms with Crippen LogP contribution in [0.4, 0.5) is 0 Å². The summed E-state index contributed by atoms with van der Waals surface area (Å²) >= 11 is 0. The van der Waals surface area contributed by atoms with Crippen molar-refractivity contribution in [3.8, 4) is 0 Å². The first kappa shape index (κ1) is 9.19. The molecule has 0 amide bonds. The van der Waals surface area contributed by atoms with Crippen LogP contribution in [-0.2, 0) is 0 Å². The van der Waals surface area contributed by atoms with Gasteiger partial charge in [-0.1, -0.05) is 12.7 Å². The largest absolute Gasteiger partial charge is 0.379 e. The van der Waals surface area contributed by atoms with Crippen LogP contribution in [0, 0.1) is 10.1 Å². The van der Waals surface area contributed by atoms with E-state index in [2.05, 4.69) is 6.58 Å². The van der Waals surface area contributed by atoms with Gasteiger partial charge in [-0.05, 0) is 19.3 Å². The second-order valence-electron chi connectivity index (χ2n) is 3.24. The molecule has 0 saturated heterocycles. The minimum absolute atomic E-state index is 0.402. The van der Waals surface area contributed by atoms with Crippen LogP contribution < -0.4 is 0 Å². The lowest BCUT2D eigenvalue weighted by molar-refractivity contribution is -0.545. The molecule has 0 unspecified atom stereocenters. The summed E-state index contributed by atoms with van der Waals surface area (Å²) in [5.41, 5.74) is -1.28. The molecule has 4 nitrogen and oxygen atoms in total. The third-order valence-corrected chi connectivity index (χ3v) is 2.49. The second kappa shape index (κ2) is 3.23. The molecule has 1 N–H and O–H groups in total. The van der Waals surface area contributed by atoms with Crippen molar-refractivity contribution in [2.24, 2.45) is 0 Å². The molecule has 1 aliphatic carbocycles. The Morgan fingerprint density at radius 2 is 2.33 bits per heavy atom. The van der Waals surface area contributed by atoms with Crippen molar-refractivity contribution in [1.82, 2.24) is 0 Å². The highest BCUT2D eigenvalue weighted by atomic mass is 16.6. The highest BCUT2D eigenvalue weighted by Gasteiger charge is 2.44. The van der Waals surface area contributed by atoms with Gasteiger partial charge in [0.1, 0.15) is 5.60 Å². The molecule has 1 fully saturated rings. The third-order valence-electron chi connectivity index (χ3n) is 2.49. The maximum absolute atomic E-state index is 10.5. The zero-order valence-electron chi connectivity index (χ0n) is 6.90. The number of hydrogen-bond acceptors (Lipinski definition) is 3. The minimum atomic E-state index is -1.28. The van der Waals surface area contributed by atoms with E-state index >= 15 is 0 Å². The fraction of sp³-hybridized carbons (Fsp3) is 0.750.